The molecule has 0 bridgehead atoms. The number of rotatable bonds is 10. The summed E-state index contributed by atoms with van der Waals surface area (Å²) in [4.78, 5) is 23.2. The van der Waals surface area contributed by atoms with Crippen LogP contribution in [0.5, 0.6) is 0 Å². The first kappa shape index (κ1) is 30.8. The van der Waals surface area contributed by atoms with Crippen molar-refractivity contribution in [3.05, 3.63) is 78.9 Å². The number of nitrogens with zero attached hydrogens (tertiary/aromatic N) is 4. The Balaban J connectivity index is 1.35. The third-order valence-corrected chi connectivity index (χ3v) is 9.46. The summed E-state index contributed by atoms with van der Waals surface area (Å²) >= 11 is 19.1. The SMILES string of the molecule is CC(C)c1nn(-c2c(Cl)cc(Cl)cc2Cl)c2nc(Cc3ccc(NS(=O)(=O)CCCN4CCCCC4)cc3)[nH]c(=O)c12. The van der Waals surface area contributed by atoms with Gasteiger partial charge < -0.3 is 9.88 Å². The smallest absolute Gasteiger partial charge is 0.262 e. The van der Waals surface area contributed by atoms with E-state index in [0.717, 1.165) is 25.2 Å². The number of piperidine rings is 1. The normalized spacial score (nSPS) is 14.6. The number of H-pyrrole nitrogens is 1. The zero-order chi connectivity index (χ0) is 30.0. The van der Waals surface area contributed by atoms with Crippen LogP contribution in [-0.4, -0.2) is 58.5 Å². The Morgan fingerprint density at radius 1 is 1.02 bits per heavy atom. The first-order valence-electron chi connectivity index (χ1n) is 14.0. The van der Waals surface area contributed by atoms with Gasteiger partial charge in [0.05, 0.1) is 21.5 Å². The number of likely N-dealkylation sites (tertiary alicyclic amines) is 1. The predicted molar refractivity (Wildman–Crippen MR) is 170 cm³/mol. The molecular formula is C29H33Cl3N6O3S. The number of aromatic nitrogens is 4. The summed E-state index contributed by atoms with van der Waals surface area (Å²) in [6.45, 7) is 6.77. The van der Waals surface area contributed by atoms with Gasteiger partial charge in [0.2, 0.25) is 10.0 Å². The van der Waals surface area contributed by atoms with Crippen LogP contribution in [0.25, 0.3) is 16.7 Å². The van der Waals surface area contributed by atoms with Gasteiger partial charge in [0.25, 0.3) is 5.56 Å². The molecule has 1 aliphatic heterocycles. The lowest BCUT2D eigenvalue weighted by molar-refractivity contribution is 0.229. The van der Waals surface area contributed by atoms with E-state index < -0.39 is 10.0 Å². The van der Waals surface area contributed by atoms with Crippen LogP contribution in [0.1, 0.15) is 62.5 Å². The van der Waals surface area contributed by atoms with Gasteiger partial charge in [0, 0.05) is 17.1 Å². The van der Waals surface area contributed by atoms with Gasteiger partial charge in [0.15, 0.2) is 5.65 Å². The molecule has 5 rings (SSSR count). The van der Waals surface area contributed by atoms with Gasteiger partial charge in [-0.2, -0.15) is 5.10 Å². The minimum atomic E-state index is -3.46. The zero-order valence-electron chi connectivity index (χ0n) is 23.5. The summed E-state index contributed by atoms with van der Waals surface area (Å²) in [5, 5.41) is 5.96. The molecule has 0 saturated carbocycles. The van der Waals surface area contributed by atoms with Gasteiger partial charge in [-0.25, -0.2) is 18.1 Å². The standard InChI is InChI=1S/C29H33Cl3N6O3S/c1-18(2)26-25-28(38(35-26)27-22(31)16-20(30)17-23(27)32)33-24(34-29(25)39)15-19-7-9-21(10-8-19)36-42(40,41)14-6-13-37-11-4-3-5-12-37/h7-10,16-18,36H,3-6,11-15H2,1-2H3,(H,33,34,39). The summed E-state index contributed by atoms with van der Waals surface area (Å²) in [5.74, 6) is 0.425. The second kappa shape index (κ2) is 12.9. The third-order valence-electron chi connectivity index (χ3n) is 7.29. The summed E-state index contributed by atoms with van der Waals surface area (Å²) in [7, 11) is -3.46. The molecule has 0 amide bonds. The number of hydrogen-bond donors (Lipinski definition) is 2. The van der Waals surface area contributed by atoms with Crippen molar-refractivity contribution in [3.63, 3.8) is 0 Å². The Kier molecular flexibility index (Phi) is 9.49. The molecule has 1 fully saturated rings. The maximum absolute atomic E-state index is 13.3. The predicted octanol–water partition coefficient (Wildman–Crippen LogP) is 6.40. The third kappa shape index (κ3) is 7.11. The fourth-order valence-electron chi connectivity index (χ4n) is 5.25. The molecule has 0 spiro atoms. The molecule has 0 unspecified atom stereocenters. The summed E-state index contributed by atoms with van der Waals surface area (Å²) in [5.41, 5.74) is 2.29. The molecule has 0 atom stereocenters. The Morgan fingerprint density at radius 3 is 2.33 bits per heavy atom. The topological polar surface area (TPSA) is 113 Å². The zero-order valence-corrected chi connectivity index (χ0v) is 26.5. The molecule has 1 saturated heterocycles. The maximum Gasteiger partial charge on any atom is 0.262 e. The first-order valence-corrected chi connectivity index (χ1v) is 16.8. The Hall–Kier alpha value is -2.63. The fourth-order valence-corrected chi connectivity index (χ4v) is 7.34. The van der Waals surface area contributed by atoms with E-state index in [1.165, 1.54) is 23.9 Å². The maximum atomic E-state index is 13.3. The van der Waals surface area contributed by atoms with Gasteiger partial charge >= 0.3 is 0 Å². The average molecular weight is 652 g/mol. The summed E-state index contributed by atoms with van der Waals surface area (Å²) < 4.78 is 29.4. The van der Waals surface area contributed by atoms with E-state index in [1.54, 1.807) is 36.4 Å². The van der Waals surface area contributed by atoms with Crippen molar-refractivity contribution in [2.75, 3.05) is 30.1 Å². The highest BCUT2D eigenvalue weighted by Gasteiger charge is 2.23. The van der Waals surface area contributed by atoms with Crippen LogP contribution in [0.3, 0.4) is 0 Å². The van der Waals surface area contributed by atoms with Crippen LogP contribution in [0.2, 0.25) is 15.1 Å². The van der Waals surface area contributed by atoms with Gasteiger partial charge in [-0.1, -0.05) is 67.2 Å². The lowest BCUT2D eigenvalue weighted by Crippen LogP contribution is -2.32. The van der Waals surface area contributed by atoms with E-state index in [9.17, 15) is 13.2 Å². The number of fused-ring (bicyclic) bond motifs is 1. The highest BCUT2D eigenvalue weighted by atomic mass is 35.5. The number of benzene rings is 2. The Labute approximate surface area is 260 Å². The fraction of sp³-hybridized carbons (Fsp3) is 0.414. The van der Waals surface area contributed by atoms with Crippen molar-refractivity contribution < 1.29 is 8.42 Å². The van der Waals surface area contributed by atoms with E-state index in [4.69, 9.17) is 39.8 Å². The van der Waals surface area contributed by atoms with Crippen LogP contribution in [0.15, 0.2) is 41.2 Å². The van der Waals surface area contributed by atoms with Gasteiger partial charge in [-0.05, 0) is 74.6 Å². The summed E-state index contributed by atoms with van der Waals surface area (Å²) in [6, 6.07) is 10.2. The van der Waals surface area contributed by atoms with E-state index >= 15 is 0 Å². The molecule has 0 aliphatic carbocycles. The number of halogens is 3. The highest BCUT2D eigenvalue weighted by molar-refractivity contribution is 7.92. The van der Waals surface area contributed by atoms with Crippen LogP contribution < -0.4 is 10.3 Å². The second-order valence-electron chi connectivity index (χ2n) is 10.9. The van der Waals surface area contributed by atoms with Crippen molar-refractivity contribution in [1.82, 2.24) is 24.6 Å². The van der Waals surface area contributed by atoms with Crippen LogP contribution in [-0.2, 0) is 16.4 Å². The number of hydrogen-bond acceptors (Lipinski definition) is 6. The van der Waals surface area contributed by atoms with Crippen LogP contribution >= 0.6 is 34.8 Å². The molecule has 1 aliphatic rings. The molecule has 9 nitrogen and oxygen atoms in total. The Morgan fingerprint density at radius 2 is 1.69 bits per heavy atom. The first-order chi connectivity index (χ1) is 20.0. The molecule has 3 heterocycles. The molecule has 13 heteroatoms. The molecule has 0 radical (unpaired) electrons. The molecule has 2 aromatic heterocycles. The van der Waals surface area contributed by atoms with Crippen molar-refractivity contribution in [2.45, 2.75) is 51.9 Å². The monoisotopic (exact) mass is 650 g/mol. The number of anilines is 1. The molecular weight excluding hydrogens is 619 g/mol. The van der Waals surface area contributed by atoms with Crippen molar-refractivity contribution in [3.8, 4) is 5.69 Å². The van der Waals surface area contributed by atoms with Crippen molar-refractivity contribution in [2.24, 2.45) is 0 Å². The van der Waals surface area contributed by atoms with E-state index in [0.29, 0.717) is 51.8 Å². The number of sulfonamides is 1. The number of nitrogens with one attached hydrogen (secondary N) is 2. The van der Waals surface area contributed by atoms with E-state index in [-0.39, 0.29) is 27.3 Å². The van der Waals surface area contributed by atoms with Crippen LogP contribution in [0, 0.1) is 0 Å². The second-order valence-corrected chi connectivity index (χ2v) is 14.0. The largest absolute Gasteiger partial charge is 0.310 e. The lowest BCUT2D eigenvalue weighted by Gasteiger charge is -2.26. The molecule has 4 aromatic rings. The summed E-state index contributed by atoms with van der Waals surface area (Å²) in [6.07, 6.45) is 4.52. The minimum Gasteiger partial charge on any atom is -0.310 e. The van der Waals surface area contributed by atoms with E-state index in [2.05, 4.69) is 19.7 Å². The quantitative estimate of drug-likeness (QED) is 0.205. The van der Waals surface area contributed by atoms with Crippen molar-refractivity contribution >= 4 is 61.5 Å². The highest BCUT2D eigenvalue weighted by Crippen LogP contribution is 2.34. The number of aromatic amines is 1. The minimum absolute atomic E-state index is 0.0616. The molecule has 2 aromatic carbocycles. The van der Waals surface area contributed by atoms with Gasteiger partial charge in [-0.15, -0.1) is 0 Å². The molecule has 224 valence electrons. The van der Waals surface area contributed by atoms with Crippen molar-refractivity contribution in [1.29, 1.82) is 0 Å². The lowest BCUT2D eigenvalue weighted by atomic mass is 10.1. The van der Waals surface area contributed by atoms with E-state index in [1.807, 2.05) is 13.8 Å². The van der Waals surface area contributed by atoms with Gasteiger partial charge in [-0.3, -0.25) is 9.52 Å². The molecule has 2 N–H and O–H groups in total. The van der Waals surface area contributed by atoms with Gasteiger partial charge in [0.1, 0.15) is 16.9 Å². The average Bonchev–Trinajstić information content (AvgIpc) is 3.30. The Bertz CT molecular complexity index is 1720. The van der Waals surface area contributed by atoms with Crippen LogP contribution in [0.4, 0.5) is 5.69 Å². The molecule has 42 heavy (non-hydrogen) atoms.